The summed E-state index contributed by atoms with van der Waals surface area (Å²) in [5, 5.41) is 12.7. The number of phenols is 1. The van der Waals surface area contributed by atoms with Crippen molar-refractivity contribution in [2.75, 3.05) is 44.7 Å². The molecule has 1 fully saturated rings. The summed E-state index contributed by atoms with van der Waals surface area (Å²) in [4.78, 5) is 29.8. The minimum atomic E-state index is -0.593. The number of ether oxygens (including phenoxy) is 2. The lowest BCUT2D eigenvalue weighted by Crippen LogP contribution is -2.55. The topological polar surface area (TPSA) is 91.3 Å². The highest BCUT2D eigenvalue weighted by Crippen LogP contribution is 2.28. The van der Waals surface area contributed by atoms with Gasteiger partial charge in [0.15, 0.2) is 0 Å². The number of carbonyl (C=O) groups excluding carboxylic acids is 2. The summed E-state index contributed by atoms with van der Waals surface area (Å²) >= 11 is 0. The second kappa shape index (κ2) is 11.2. The first kappa shape index (κ1) is 25.4. The molecule has 1 atom stereocenters. The Morgan fingerprint density at radius 1 is 1.03 bits per heavy atom. The molecule has 0 saturated carbocycles. The molecule has 8 nitrogen and oxygen atoms in total. The number of carbonyl (C=O) groups is 2. The largest absolute Gasteiger partial charge is 0.508 e. The molecule has 34 heavy (non-hydrogen) atoms. The van der Waals surface area contributed by atoms with Crippen LogP contribution in [0.15, 0.2) is 48.5 Å². The number of piperazine rings is 1. The second-order valence-electron chi connectivity index (χ2n) is 9.37. The van der Waals surface area contributed by atoms with E-state index in [1.54, 1.807) is 31.4 Å². The Morgan fingerprint density at radius 2 is 1.68 bits per heavy atom. The number of aromatic hydroxyl groups is 1. The van der Waals surface area contributed by atoms with Crippen LogP contribution in [0.5, 0.6) is 11.5 Å². The van der Waals surface area contributed by atoms with Crippen LogP contribution in [-0.4, -0.2) is 73.4 Å². The van der Waals surface area contributed by atoms with E-state index >= 15 is 0 Å². The van der Waals surface area contributed by atoms with Gasteiger partial charge in [0.2, 0.25) is 5.91 Å². The monoisotopic (exact) mass is 469 g/mol. The van der Waals surface area contributed by atoms with Crippen LogP contribution in [-0.2, 0) is 20.7 Å². The number of hydrogen-bond donors (Lipinski definition) is 2. The first-order valence-electron chi connectivity index (χ1n) is 11.6. The summed E-state index contributed by atoms with van der Waals surface area (Å²) in [5.74, 6) is 0.514. The van der Waals surface area contributed by atoms with E-state index in [2.05, 4.69) is 10.2 Å². The van der Waals surface area contributed by atoms with Gasteiger partial charge in [-0.15, -0.1) is 0 Å². The van der Waals surface area contributed by atoms with Crippen LogP contribution >= 0.6 is 0 Å². The van der Waals surface area contributed by atoms with E-state index in [1.807, 2.05) is 49.9 Å². The van der Waals surface area contributed by atoms with Crippen molar-refractivity contribution in [3.05, 3.63) is 54.1 Å². The molecule has 0 spiro atoms. The highest BCUT2D eigenvalue weighted by molar-refractivity contribution is 5.83. The van der Waals surface area contributed by atoms with E-state index in [9.17, 15) is 14.7 Å². The summed E-state index contributed by atoms with van der Waals surface area (Å²) < 4.78 is 10.9. The fourth-order valence-corrected chi connectivity index (χ4v) is 3.98. The summed E-state index contributed by atoms with van der Waals surface area (Å²) in [6.07, 6.45) is 0.397. The standard InChI is InChI=1S/C26H35N3O5/c1-26(2,3)34-24(31)18-27-21(17-19-9-11-20(30)12-10-19)25(32)29-15-13-28(14-16-29)22-7-5-6-8-23(22)33-4/h5-12,21,27,30H,13-18H2,1-4H3. The number of benzene rings is 2. The third-order valence-electron chi connectivity index (χ3n) is 5.60. The molecule has 1 unspecified atom stereocenters. The van der Waals surface area contributed by atoms with E-state index in [0.29, 0.717) is 32.6 Å². The predicted molar refractivity (Wildman–Crippen MR) is 131 cm³/mol. The fraction of sp³-hybridized carbons (Fsp3) is 0.462. The Labute approximate surface area is 201 Å². The van der Waals surface area contributed by atoms with E-state index in [0.717, 1.165) is 17.0 Å². The number of phenolic OH excluding ortho intramolecular Hbond substituents is 1. The molecular formula is C26H35N3O5. The first-order valence-corrected chi connectivity index (χ1v) is 11.6. The van der Waals surface area contributed by atoms with Gasteiger partial charge in [-0.2, -0.15) is 0 Å². The molecule has 0 aromatic heterocycles. The van der Waals surface area contributed by atoms with Gasteiger partial charge >= 0.3 is 5.97 Å². The summed E-state index contributed by atoms with van der Waals surface area (Å²) in [6, 6.07) is 14.0. The number of para-hydroxylation sites is 2. The molecule has 8 heteroatoms. The highest BCUT2D eigenvalue weighted by Gasteiger charge is 2.29. The maximum Gasteiger partial charge on any atom is 0.320 e. The van der Waals surface area contributed by atoms with Gasteiger partial charge in [-0.3, -0.25) is 14.9 Å². The SMILES string of the molecule is COc1ccccc1N1CCN(C(=O)C(Cc2ccc(O)cc2)NCC(=O)OC(C)(C)C)CC1. The van der Waals surface area contributed by atoms with Gasteiger partial charge in [-0.05, 0) is 57.0 Å². The van der Waals surface area contributed by atoms with Crippen molar-refractivity contribution in [3.8, 4) is 11.5 Å². The normalized spacial score (nSPS) is 15.1. The quantitative estimate of drug-likeness (QED) is 0.574. The predicted octanol–water partition coefficient (Wildman–Crippen LogP) is 2.59. The van der Waals surface area contributed by atoms with Crippen LogP contribution in [0.1, 0.15) is 26.3 Å². The second-order valence-corrected chi connectivity index (χ2v) is 9.37. The lowest BCUT2D eigenvalue weighted by Gasteiger charge is -2.38. The average Bonchev–Trinajstić information content (AvgIpc) is 2.81. The molecule has 1 aliphatic rings. The number of nitrogens with zero attached hydrogens (tertiary/aromatic N) is 2. The minimum absolute atomic E-state index is 0.0590. The summed E-state index contributed by atoms with van der Waals surface area (Å²) in [5.41, 5.74) is 1.31. The Balaban J connectivity index is 1.66. The molecule has 2 aromatic rings. The van der Waals surface area contributed by atoms with E-state index < -0.39 is 17.6 Å². The lowest BCUT2D eigenvalue weighted by atomic mass is 10.0. The Hall–Kier alpha value is -3.26. The first-order chi connectivity index (χ1) is 16.2. The van der Waals surface area contributed by atoms with Crippen LogP contribution in [0.25, 0.3) is 0 Å². The number of amides is 1. The number of methoxy groups -OCH3 is 1. The van der Waals surface area contributed by atoms with Crippen LogP contribution in [0.3, 0.4) is 0 Å². The Bertz CT molecular complexity index is 963. The molecule has 2 N–H and O–H groups in total. The van der Waals surface area contributed by atoms with E-state index in [4.69, 9.17) is 9.47 Å². The third kappa shape index (κ3) is 7.12. The summed E-state index contributed by atoms with van der Waals surface area (Å²) in [7, 11) is 1.66. The zero-order chi connectivity index (χ0) is 24.7. The maximum atomic E-state index is 13.5. The van der Waals surface area contributed by atoms with Crippen LogP contribution < -0.4 is 15.0 Å². The molecule has 1 saturated heterocycles. The molecule has 1 heterocycles. The number of rotatable bonds is 8. The molecule has 0 bridgehead atoms. The molecular weight excluding hydrogens is 434 g/mol. The van der Waals surface area contributed by atoms with Crippen LogP contribution in [0.2, 0.25) is 0 Å². The van der Waals surface area contributed by atoms with Crippen molar-refractivity contribution in [3.63, 3.8) is 0 Å². The Kier molecular flexibility index (Phi) is 8.39. The fourth-order valence-electron chi connectivity index (χ4n) is 3.98. The number of nitrogens with one attached hydrogen (secondary N) is 1. The van der Waals surface area contributed by atoms with Gasteiger partial charge in [0, 0.05) is 26.2 Å². The van der Waals surface area contributed by atoms with E-state index in [-0.39, 0.29) is 18.2 Å². The minimum Gasteiger partial charge on any atom is -0.508 e. The van der Waals surface area contributed by atoms with Crippen molar-refractivity contribution in [2.24, 2.45) is 0 Å². The zero-order valence-electron chi connectivity index (χ0n) is 20.4. The van der Waals surface area contributed by atoms with Gasteiger partial charge in [0.25, 0.3) is 0 Å². The lowest BCUT2D eigenvalue weighted by molar-refractivity contribution is -0.153. The molecule has 0 radical (unpaired) electrons. The van der Waals surface area contributed by atoms with Crippen molar-refractivity contribution in [1.82, 2.24) is 10.2 Å². The zero-order valence-corrected chi connectivity index (χ0v) is 20.4. The molecule has 184 valence electrons. The van der Waals surface area contributed by atoms with Crippen molar-refractivity contribution < 1.29 is 24.2 Å². The molecule has 1 aliphatic heterocycles. The molecule has 1 amide bonds. The summed E-state index contributed by atoms with van der Waals surface area (Å²) in [6.45, 7) is 7.87. The maximum absolute atomic E-state index is 13.5. The van der Waals surface area contributed by atoms with Gasteiger partial charge in [-0.1, -0.05) is 24.3 Å². The van der Waals surface area contributed by atoms with Gasteiger partial charge in [-0.25, -0.2) is 0 Å². The number of hydrogen-bond acceptors (Lipinski definition) is 7. The Morgan fingerprint density at radius 3 is 2.29 bits per heavy atom. The average molecular weight is 470 g/mol. The van der Waals surface area contributed by atoms with Gasteiger partial charge in [0.05, 0.1) is 25.4 Å². The smallest absolute Gasteiger partial charge is 0.320 e. The molecule has 3 rings (SSSR count). The van der Waals surface area contributed by atoms with Gasteiger partial charge < -0.3 is 24.4 Å². The number of anilines is 1. The van der Waals surface area contributed by atoms with Gasteiger partial charge in [0.1, 0.15) is 17.1 Å². The van der Waals surface area contributed by atoms with E-state index in [1.165, 1.54) is 0 Å². The molecule has 0 aliphatic carbocycles. The molecule has 2 aromatic carbocycles. The third-order valence-corrected chi connectivity index (χ3v) is 5.60. The number of esters is 1. The van der Waals surface area contributed by atoms with Crippen molar-refractivity contribution >= 4 is 17.6 Å². The van der Waals surface area contributed by atoms with Crippen molar-refractivity contribution in [1.29, 1.82) is 0 Å². The van der Waals surface area contributed by atoms with Crippen molar-refractivity contribution in [2.45, 2.75) is 38.8 Å². The van der Waals surface area contributed by atoms with Crippen LogP contribution in [0, 0.1) is 0 Å². The highest BCUT2D eigenvalue weighted by atomic mass is 16.6. The van der Waals surface area contributed by atoms with Crippen LogP contribution in [0.4, 0.5) is 5.69 Å².